The number of rotatable bonds is 3. The summed E-state index contributed by atoms with van der Waals surface area (Å²) in [6.07, 6.45) is -0.623. The second-order valence-electron chi connectivity index (χ2n) is 6.13. The number of hydrogen-bond donors (Lipinski definition) is 2. The number of halogens is 1. The van der Waals surface area contributed by atoms with Crippen LogP contribution in [0.5, 0.6) is 11.5 Å². The van der Waals surface area contributed by atoms with Crippen molar-refractivity contribution in [1.29, 1.82) is 0 Å². The maximum atomic E-state index is 10.8. The first-order valence-electron chi connectivity index (χ1n) is 8.14. The molecule has 0 saturated heterocycles. The highest BCUT2D eigenvalue weighted by Gasteiger charge is 2.29. The van der Waals surface area contributed by atoms with E-state index in [1.54, 1.807) is 0 Å². The Morgan fingerprint density at radius 2 is 2.00 bits per heavy atom. The summed E-state index contributed by atoms with van der Waals surface area (Å²) in [6.45, 7) is 2.59. The van der Waals surface area contributed by atoms with Gasteiger partial charge in [-0.25, -0.2) is 9.13 Å². The number of ether oxygens (including phenoxy) is 2. The fourth-order valence-corrected chi connectivity index (χ4v) is 3.57. The van der Waals surface area contributed by atoms with Crippen LogP contribution in [0.1, 0.15) is 11.7 Å². The van der Waals surface area contributed by atoms with Crippen LogP contribution in [-0.2, 0) is 13.1 Å². The van der Waals surface area contributed by atoms with E-state index in [0.29, 0.717) is 12.3 Å². The third-order valence-corrected chi connectivity index (χ3v) is 4.73. The van der Waals surface area contributed by atoms with Crippen molar-refractivity contribution in [3.8, 4) is 11.5 Å². The van der Waals surface area contributed by atoms with Gasteiger partial charge in [0.2, 0.25) is 6.79 Å². The van der Waals surface area contributed by atoms with Crippen LogP contribution >= 0.6 is 0 Å². The molecule has 0 aliphatic carbocycles. The van der Waals surface area contributed by atoms with Crippen LogP contribution in [0.4, 0.5) is 5.95 Å². The van der Waals surface area contributed by atoms with Gasteiger partial charge in [0.05, 0.1) is 6.54 Å². The van der Waals surface area contributed by atoms with Gasteiger partial charge in [-0.15, -0.1) is 0 Å². The van der Waals surface area contributed by atoms with Crippen LogP contribution < -0.4 is 31.8 Å². The van der Waals surface area contributed by atoms with Crippen molar-refractivity contribution >= 4 is 17.0 Å². The van der Waals surface area contributed by atoms with Gasteiger partial charge in [-0.05, 0) is 29.8 Å². The third-order valence-electron chi connectivity index (χ3n) is 4.73. The quantitative estimate of drug-likeness (QED) is 0.578. The van der Waals surface area contributed by atoms with Crippen molar-refractivity contribution in [2.75, 3.05) is 18.7 Å². The molecule has 0 fully saturated rings. The molecule has 1 unspecified atom stereocenters. The summed E-state index contributed by atoms with van der Waals surface area (Å²) in [6, 6.07) is 13.9. The molecule has 0 saturated carbocycles. The Kier molecular flexibility index (Phi) is 3.94. The first-order valence-corrected chi connectivity index (χ1v) is 8.14. The topological polar surface area (TPSA) is 59.5 Å². The zero-order chi connectivity index (χ0) is 16.1. The zero-order valence-electron chi connectivity index (χ0n) is 13.5. The number of anilines is 1. The Morgan fingerprint density at radius 1 is 1.16 bits per heavy atom. The zero-order valence-corrected chi connectivity index (χ0v) is 14.2. The van der Waals surface area contributed by atoms with E-state index >= 15 is 0 Å². The lowest BCUT2D eigenvalue weighted by molar-refractivity contribution is -0.644. The number of para-hydroxylation sites is 2. The summed E-state index contributed by atoms with van der Waals surface area (Å²) in [5, 5.41) is 14.2. The number of aliphatic hydroxyl groups excluding tert-OH is 1. The fraction of sp³-hybridized carbons (Fsp3) is 0.278. The van der Waals surface area contributed by atoms with Crippen molar-refractivity contribution in [2.45, 2.75) is 19.2 Å². The van der Waals surface area contributed by atoms with Gasteiger partial charge in [-0.1, -0.05) is 18.2 Å². The average molecular weight is 360 g/mol. The molecule has 1 atom stereocenters. The Morgan fingerprint density at radius 3 is 2.92 bits per heavy atom. The number of imidazole rings is 1. The first-order chi connectivity index (χ1) is 11.8. The van der Waals surface area contributed by atoms with E-state index in [1.807, 2.05) is 30.3 Å². The molecule has 2 N–H and O–H groups in total. The van der Waals surface area contributed by atoms with Gasteiger partial charge in [0.25, 0.3) is 0 Å². The predicted octanol–water partition coefficient (Wildman–Crippen LogP) is -1.18. The van der Waals surface area contributed by atoms with Crippen molar-refractivity contribution in [3.63, 3.8) is 0 Å². The van der Waals surface area contributed by atoms with Gasteiger partial charge in [0.15, 0.2) is 11.5 Å². The first kappa shape index (κ1) is 16.1. The summed E-state index contributed by atoms with van der Waals surface area (Å²) in [7, 11) is 0. The molecule has 1 aromatic heterocycles. The van der Waals surface area contributed by atoms with Crippen LogP contribution in [0.3, 0.4) is 0 Å². The second-order valence-corrected chi connectivity index (χ2v) is 6.13. The molecule has 3 heterocycles. The molecule has 2 aromatic carbocycles. The number of aromatic nitrogens is 2. The molecule has 0 radical (unpaired) electrons. The monoisotopic (exact) mass is 359 g/mol. The minimum atomic E-state index is -0.623. The van der Waals surface area contributed by atoms with Crippen molar-refractivity contribution in [2.24, 2.45) is 0 Å². The van der Waals surface area contributed by atoms with Crippen LogP contribution in [-0.4, -0.2) is 23.0 Å². The van der Waals surface area contributed by atoms with E-state index in [2.05, 4.69) is 26.6 Å². The lowest BCUT2D eigenvalue weighted by Gasteiger charge is -2.11. The minimum absolute atomic E-state index is 0. The second kappa shape index (κ2) is 6.13. The van der Waals surface area contributed by atoms with Crippen molar-refractivity contribution in [3.05, 3.63) is 48.0 Å². The largest absolute Gasteiger partial charge is 1.00 e. The molecule has 130 valence electrons. The molecule has 2 aliphatic rings. The molecule has 3 aromatic rings. The van der Waals surface area contributed by atoms with E-state index in [0.717, 1.165) is 35.9 Å². The van der Waals surface area contributed by atoms with Gasteiger partial charge >= 0.3 is 5.95 Å². The van der Waals surface area contributed by atoms with Gasteiger partial charge < -0.3 is 27.0 Å². The molecule has 5 rings (SSSR count). The molecular weight excluding hydrogens is 342 g/mol. The molecule has 2 aliphatic heterocycles. The number of fused-ring (bicyclic) bond motifs is 4. The summed E-state index contributed by atoms with van der Waals surface area (Å²) in [4.78, 5) is 0. The highest BCUT2D eigenvalue weighted by atomic mass is 35.5. The molecular formula is C18H18ClN3O3. The maximum absolute atomic E-state index is 10.8. The standard InChI is InChI=1S/C18H17N3O3.ClH/c22-15(12-5-6-16-17(9-12)24-11-23-16)10-21-14-4-2-1-3-13(14)20-8-7-19-18(20)21;/h1-6,9,15,22H,7-8,10-11H2;1H. The lowest BCUT2D eigenvalue weighted by Crippen LogP contribution is -3.00. The molecule has 0 amide bonds. The summed E-state index contributed by atoms with van der Waals surface area (Å²) >= 11 is 0. The molecule has 25 heavy (non-hydrogen) atoms. The fourth-order valence-electron chi connectivity index (χ4n) is 3.57. The Bertz CT molecular complexity index is 941. The smallest absolute Gasteiger partial charge is 0.358 e. The highest BCUT2D eigenvalue weighted by molar-refractivity contribution is 5.74. The molecule has 6 nitrogen and oxygen atoms in total. The predicted molar refractivity (Wildman–Crippen MR) is 88.1 cm³/mol. The molecule has 7 heteroatoms. The Hall–Kier alpha value is -2.44. The number of hydrogen-bond acceptors (Lipinski definition) is 4. The van der Waals surface area contributed by atoms with E-state index < -0.39 is 6.10 Å². The molecule has 0 bridgehead atoms. The van der Waals surface area contributed by atoms with E-state index in [4.69, 9.17) is 9.47 Å². The Balaban J connectivity index is 0.00000157. The molecule has 0 spiro atoms. The number of benzene rings is 2. The average Bonchev–Trinajstić information content (AvgIpc) is 3.31. The lowest BCUT2D eigenvalue weighted by atomic mass is 10.1. The van der Waals surface area contributed by atoms with Gasteiger partial charge in [0.1, 0.15) is 30.2 Å². The number of nitrogens with zero attached hydrogens (tertiary/aromatic N) is 2. The SMILES string of the molecule is OC(Cn1c2[n+](c3ccccc31)CCN2)c1ccc2c(c1)OCO2.[Cl-]. The van der Waals surface area contributed by atoms with Gasteiger partial charge in [0, 0.05) is 0 Å². The number of nitrogens with one attached hydrogen (secondary N) is 1. The van der Waals surface area contributed by atoms with Crippen LogP contribution in [0.25, 0.3) is 11.0 Å². The summed E-state index contributed by atoms with van der Waals surface area (Å²) in [5.74, 6) is 2.48. The van der Waals surface area contributed by atoms with Crippen molar-refractivity contribution < 1.29 is 31.6 Å². The normalized spacial score (nSPS) is 15.6. The summed E-state index contributed by atoms with van der Waals surface area (Å²) < 4.78 is 15.2. The highest BCUT2D eigenvalue weighted by Crippen LogP contribution is 2.35. The van der Waals surface area contributed by atoms with E-state index in [1.165, 1.54) is 5.52 Å². The van der Waals surface area contributed by atoms with Crippen LogP contribution in [0, 0.1) is 0 Å². The van der Waals surface area contributed by atoms with Gasteiger partial charge in [-0.3, -0.25) is 5.32 Å². The van der Waals surface area contributed by atoms with E-state index in [-0.39, 0.29) is 19.2 Å². The van der Waals surface area contributed by atoms with Crippen LogP contribution in [0.2, 0.25) is 0 Å². The summed E-state index contributed by atoms with van der Waals surface area (Å²) in [5.41, 5.74) is 3.14. The maximum Gasteiger partial charge on any atom is 0.358 e. The minimum Gasteiger partial charge on any atom is -1.00 e. The van der Waals surface area contributed by atoms with Gasteiger partial charge in [-0.2, -0.15) is 0 Å². The third kappa shape index (κ3) is 2.49. The van der Waals surface area contributed by atoms with Crippen LogP contribution in [0.15, 0.2) is 42.5 Å². The van der Waals surface area contributed by atoms with E-state index in [9.17, 15) is 5.11 Å². The Labute approximate surface area is 151 Å². The van der Waals surface area contributed by atoms with Crippen molar-refractivity contribution in [1.82, 2.24) is 4.57 Å². The number of aliphatic hydroxyl groups is 1.